The van der Waals surface area contributed by atoms with Crippen LogP contribution in [0.25, 0.3) is 0 Å². The van der Waals surface area contributed by atoms with Crippen LogP contribution in [-0.2, 0) is 4.74 Å². The molecule has 2 rings (SSSR count). The van der Waals surface area contributed by atoms with Gasteiger partial charge in [-0.2, -0.15) is 0 Å². The molecule has 1 unspecified atom stereocenters. The molecule has 22 heavy (non-hydrogen) atoms. The quantitative estimate of drug-likeness (QED) is 0.478. The highest BCUT2D eigenvalue weighted by Gasteiger charge is 2.26. The van der Waals surface area contributed by atoms with Crippen molar-refractivity contribution in [3.8, 4) is 18.1 Å². The monoisotopic (exact) mass is 304 g/mol. The van der Waals surface area contributed by atoms with E-state index in [1.54, 1.807) is 4.90 Å². The number of morpholine rings is 1. The normalized spacial score (nSPS) is 17.6. The van der Waals surface area contributed by atoms with E-state index in [-0.39, 0.29) is 23.4 Å². The Kier molecular flexibility index (Phi) is 4.96. The summed E-state index contributed by atoms with van der Waals surface area (Å²) in [6.07, 6.45) is 5.52. The van der Waals surface area contributed by atoms with Gasteiger partial charge in [-0.1, -0.05) is 0 Å². The fourth-order valence-corrected chi connectivity index (χ4v) is 2.30. The van der Waals surface area contributed by atoms with Gasteiger partial charge in [-0.25, -0.2) is 0 Å². The minimum atomic E-state index is -0.551. The third kappa shape index (κ3) is 3.35. The van der Waals surface area contributed by atoms with E-state index in [9.17, 15) is 14.9 Å². The number of hydrogen-bond acceptors (Lipinski definition) is 5. The highest BCUT2D eigenvalue weighted by molar-refractivity contribution is 5.95. The Labute approximate surface area is 128 Å². The summed E-state index contributed by atoms with van der Waals surface area (Å²) in [6.45, 7) is 1.28. The second-order valence-corrected chi connectivity index (χ2v) is 4.80. The minimum Gasteiger partial charge on any atom is -0.490 e. The molecule has 0 aromatic heterocycles. The molecule has 1 atom stereocenters. The van der Waals surface area contributed by atoms with E-state index < -0.39 is 4.92 Å². The van der Waals surface area contributed by atoms with Crippen molar-refractivity contribution in [2.24, 2.45) is 0 Å². The average Bonchev–Trinajstić information content (AvgIpc) is 2.54. The molecule has 1 aromatic rings. The molecule has 1 aromatic carbocycles. The predicted octanol–water partition coefficient (Wildman–Crippen LogP) is 1.47. The summed E-state index contributed by atoms with van der Waals surface area (Å²) in [5.74, 6) is 2.35. The summed E-state index contributed by atoms with van der Waals surface area (Å²) in [4.78, 5) is 24.4. The van der Waals surface area contributed by atoms with Gasteiger partial charge >= 0.3 is 5.69 Å². The van der Waals surface area contributed by atoms with E-state index in [1.807, 2.05) is 0 Å². The maximum absolute atomic E-state index is 12.5. The van der Waals surface area contributed by atoms with Crippen molar-refractivity contribution in [3.63, 3.8) is 0 Å². The van der Waals surface area contributed by atoms with Crippen LogP contribution in [0.1, 0.15) is 16.8 Å². The predicted molar refractivity (Wildman–Crippen MR) is 78.7 cm³/mol. The van der Waals surface area contributed by atoms with E-state index >= 15 is 0 Å². The highest BCUT2D eigenvalue weighted by Crippen LogP contribution is 2.28. The summed E-state index contributed by atoms with van der Waals surface area (Å²) >= 11 is 0. The summed E-state index contributed by atoms with van der Waals surface area (Å²) in [5.41, 5.74) is 0.162. The lowest BCUT2D eigenvalue weighted by molar-refractivity contribution is -0.385. The molecule has 1 aliphatic heterocycles. The maximum Gasteiger partial charge on any atom is 0.310 e. The zero-order chi connectivity index (χ0) is 16.1. The third-order valence-corrected chi connectivity index (χ3v) is 3.39. The van der Waals surface area contributed by atoms with E-state index in [4.69, 9.17) is 15.9 Å². The maximum atomic E-state index is 12.5. The van der Waals surface area contributed by atoms with Gasteiger partial charge in [0, 0.05) is 37.2 Å². The summed E-state index contributed by atoms with van der Waals surface area (Å²) in [5, 5.41) is 10.9. The van der Waals surface area contributed by atoms with E-state index in [2.05, 4.69) is 5.92 Å². The van der Waals surface area contributed by atoms with Crippen molar-refractivity contribution in [1.29, 1.82) is 0 Å². The summed E-state index contributed by atoms with van der Waals surface area (Å²) in [6, 6.07) is 4.08. The topological polar surface area (TPSA) is 81.9 Å². The molecule has 7 heteroatoms. The molecule has 1 aliphatic rings. The number of nitrogens with zero attached hydrogens (tertiary/aromatic N) is 2. The molecule has 1 heterocycles. The van der Waals surface area contributed by atoms with Crippen LogP contribution in [0.3, 0.4) is 0 Å². The molecule has 1 amide bonds. The molecular formula is C15H16N2O5. The van der Waals surface area contributed by atoms with Crippen LogP contribution in [0.4, 0.5) is 5.69 Å². The Morgan fingerprint density at radius 2 is 2.41 bits per heavy atom. The van der Waals surface area contributed by atoms with Crippen molar-refractivity contribution in [1.82, 2.24) is 4.90 Å². The van der Waals surface area contributed by atoms with Gasteiger partial charge in [-0.15, -0.1) is 12.3 Å². The van der Waals surface area contributed by atoms with Crippen LogP contribution in [0, 0.1) is 22.5 Å². The van der Waals surface area contributed by atoms with Crippen LogP contribution in [0.5, 0.6) is 5.75 Å². The molecule has 116 valence electrons. The lowest BCUT2D eigenvalue weighted by Gasteiger charge is -2.32. The Hall–Kier alpha value is -2.59. The Balaban J connectivity index is 2.19. The third-order valence-electron chi connectivity index (χ3n) is 3.39. The number of amides is 1. The number of methoxy groups -OCH3 is 1. The molecule has 1 saturated heterocycles. The zero-order valence-corrected chi connectivity index (χ0v) is 12.2. The molecule has 0 radical (unpaired) electrons. The number of terminal acetylenes is 1. The number of benzene rings is 1. The molecular weight excluding hydrogens is 288 g/mol. The second-order valence-electron chi connectivity index (χ2n) is 4.80. The fourth-order valence-electron chi connectivity index (χ4n) is 2.30. The van der Waals surface area contributed by atoms with Gasteiger partial charge in [0.15, 0.2) is 5.75 Å². The number of rotatable bonds is 4. The van der Waals surface area contributed by atoms with Crippen LogP contribution < -0.4 is 4.74 Å². The van der Waals surface area contributed by atoms with Gasteiger partial charge < -0.3 is 14.4 Å². The molecule has 1 fully saturated rings. The molecule has 0 N–H and O–H groups in total. The number of nitro benzene ring substituents is 1. The first-order valence-electron chi connectivity index (χ1n) is 6.73. The van der Waals surface area contributed by atoms with Crippen molar-refractivity contribution in [2.75, 3.05) is 26.8 Å². The molecule has 0 saturated carbocycles. The first-order chi connectivity index (χ1) is 10.6. The first-order valence-corrected chi connectivity index (χ1v) is 6.73. The van der Waals surface area contributed by atoms with Gasteiger partial charge in [-0.05, 0) is 6.07 Å². The fraction of sp³-hybridized carbons (Fsp3) is 0.400. The van der Waals surface area contributed by atoms with Gasteiger partial charge in [0.1, 0.15) is 0 Å². The Morgan fingerprint density at radius 3 is 3.05 bits per heavy atom. The van der Waals surface area contributed by atoms with Crippen molar-refractivity contribution in [2.45, 2.75) is 12.5 Å². The van der Waals surface area contributed by atoms with Gasteiger partial charge in [-0.3, -0.25) is 14.9 Å². The number of carbonyl (C=O) groups is 1. The SMILES string of the molecule is C#CCC1CN(C(=O)c2ccc([N+](=O)[O-])c(OC)c2)CCO1. The summed E-state index contributed by atoms with van der Waals surface area (Å²) in [7, 11) is 1.33. The lowest BCUT2D eigenvalue weighted by atomic mass is 10.1. The molecule has 0 aliphatic carbocycles. The zero-order valence-electron chi connectivity index (χ0n) is 12.2. The smallest absolute Gasteiger partial charge is 0.310 e. The van der Waals surface area contributed by atoms with E-state index in [0.717, 1.165) is 0 Å². The standard InChI is InChI=1S/C15H16N2O5/c1-3-4-12-10-16(7-8-22-12)15(18)11-5-6-13(17(19)20)14(9-11)21-2/h1,5-6,9,12H,4,7-8,10H2,2H3. The lowest BCUT2D eigenvalue weighted by Crippen LogP contribution is -2.45. The molecule has 7 nitrogen and oxygen atoms in total. The van der Waals surface area contributed by atoms with E-state index in [1.165, 1.54) is 25.3 Å². The van der Waals surface area contributed by atoms with Crippen LogP contribution in [-0.4, -0.2) is 48.6 Å². The van der Waals surface area contributed by atoms with Crippen molar-refractivity contribution < 1.29 is 19.2 Å². The Bertz CT molecular complexity index is 623. The first kappa shape index (κ1) is 15.8. The van der Waals surface area contributed by atoms with E-state index in [0.29, 0.717) is 31.7 Å². The van der Waals surface area contributed by atoms with Gasteiger partial charge in [0.2, 0.25) is 0 Å². The number of ether oxygens (including phenoxy) is 2. The van der Waals surface area contributed by atoms with Gasteiger partial charge in [0.25, 0.3) is 5.91 Å². The highest BCUT2D eigenvalue weighted by atomic mass is 16.6. The summed E-state index contributed by atoms with van der Waals surface area (Å²) < 4.78 is 10.5. The van der Waals surface area contributed by atoms with Crippen molar-refractivity contribution >= 4 is 11.6 Å². The average molecular weight is 304 g/mol. The van der Waals surface area contributed by atoms with Crippen LogP contribution in [0.2, 0.25) is 0 Å². The van der Waals surface area contributed by atoms with Crippen LogP contribution in [0.15, 0.2) is 18.2 Å². The minimum absolute atomic E-state index is 0.0595. The van der Waals surface area contributed by atoms with Gasteiger partial charge in [0.05, 0.1) is 24.7 Å². The number of nitro groups is 1. The van der Waals surface area contributed by atoms with Crippen molar-refractivity contribution in [3.05, 3.63) is 33.9 Å². The molecule has 0 bridgehead atoms. The van der Waals surface area contributed by atoms with Crippen LogP contribution >= 0.6 is 0 Å². The number of carbonyl (C=O) groups excluding carboxylic acids is 1. The molecule has 0 spiro atoms. The Morgan fingerprint density at radius 1 is 1.64 bits per heavy atom. The largest absolute Gasteiger partial charge is 0.490 e. The number of hydrogen-bond donors (Lipinski definition) is 0. The second kappa shape index (κ2) is 6.91.